The van der Waals surface area contributed by atoms with Crippen molar-refractivity contribution in [1.29, 1.82) is 5.26 Å². The Labute approximate surface area is 171 Å². The van der Waals surface area contributed by atoms with Crippen molar-refractivity contribution in [3.05, 3.63) is 27.9 Å². The number of pyridine rings is 1. The Kier molecular flexibility index (Phi) is 4.05. The van der Waals surface area contributed by atoms with Gasteiger partial charge in [-0.25, -0.2) is 9.37 Å². The zero-order chi connectivity index (χ0) is 18.6. The number of nitrogens with one attached hydrogen (secondary N) is 1. The molecule has 3 aromatic heterocycles. The van der Waals surface area contributed by atoms with E-state index in [1.807, 2.05) is 16.7 Å². The first kappa shape index (κ1) is 17.6. The maximum atomic E-state index is 13.1. The van der Waals surface area contributed by atoms with Crippen LogP contribution in [-0.2, 0) is 5.41 Å². The third kappa shape index (κ3) is 2.97. The van der Waals surface area contributed by atoms with Gasteiger partial charge in [0.05, 0.1) is 23.3 Å². The summed E-state index contributed by atoms with van der Waals surface area (Å²) in [5, 5.41) is 19.3. The highest BCUT2D eigenvalue weighted by Crippen LogP contribution is 2.49. The van der Waals surface area contributed by atoms with Crippen LogP contribution in [0.1, 0.15) is 30.7 Å². The highest BCUT2D eigenvalue weighted by Gasteiger charge is 2.48. The van der Waals surface area contributed by atoms with Gasteiger partial charge in [0, 0.05) is 15.6 Å². The third-order valence-electron chi connectivity index (χ3n) is 5.05. The van der Waals surface area contributed by atoms with E-state index in [0.717, 1.165) is 45.6 Å². The fraction of sp³-hybridized carbons (Fsp3) is 0.412. The van der Waals surface area contributed by atoms with Crippen LogP contribution in [0.15, 0.2) is 27.8 Å². The Bertz CT molecular complexity index is 1080. The molecular weight excluding hydrogens is 451 g/mol. The van der Waals surface area contributed by atoms with E-state index in [-0.39, 0.29) is 12.2 Å². The predicted octanol–water partition coefficient (Wildman–Crippen LogP) is 4.27. The van der Waals surface area contributed by atoms with Crippen LogP contribution in [0, 0.1) is 11.3 Å². The maximum absolute atomic E-state index is 13.1. The van der Waals surface area contributed by atoms with Crippen molar-refractivity contribution in [1.82, 2.24) is 24.3 Å². The summed E-state index contributed by atoms with van der Waals surface area (Å²) in [5.74, 6) is 0.692. The summed E-state index contributed by atoms with van der Waals surface area (Å²) in [6.45, 7) is -0.353. The summed E-state index contributed by atoms with van der Waals surface area (Å²) in [4.78, 5) is 5.47. The first-order chi connectivity index (χ1) is 13.1. The zero-order valence-corrected chi connectivity index (χ0v) is 17.3. The number of alkyl halides is 1. The molecule has 2 aliphatic rings. The highest BCUT2D eigenvalue weighted by atomic mass is 79.9. The first-order valence-electron chi connectivity index (χ1n) is 8.50. The van der Waals surface area contributed by atoms with Crippen molar-refractivity contribution in [2.75, 3.05) is 6.67 Å². The van der Waals surface area contributed by atoms with Crippen molar-refractivity contribution >= 4 is 44.7 Å². The minimum Gasteiger partial charge on any atom is -0.295 e. The summed E-state index contributed by atoms with van der Waals surface area (Å²) < 4.78 is 19.2. The standard InChI is InChI=1S/C17H14BrFN6S2/c18-11-5-10(27-24-17(8-19)3-4-17)7-25-12(11)6-21-13(25)14-22-23-15(26-14)16(9-20)1-2-16/h5-7,24H,1-4,8H2. The monoisotopic (exact) mass is 464 g/mol. The molecule has 6 nitrogen and oxygen atoms in total. The molecule has 0 bridgehead atoms. The van der Waals surface area contributed by atoms with Crippen molar-refractivity contribution in [2.45, 2.75) is 41.5 Å². The quantitative estimate of drug-likeness (QED) is 0.548. The molecule has 2 fully saturated rings. The van der Waals surface area contributed by atoms with Crippen molar-refractivity contribution in [2.24, 2.45) is 0 Å². The van der Waals surface area contributed by atoms with Crippen LogP contribution in [0.4, 0.5) is 4.39 Å². The van der Waals surface area contributed by atoms with Gasteiger partial charge >= 0.3 is 0 Å². The molecule has 3 aromatic rings. The molecule has 0 atom stereocenters. The second-order valence-corrected chi connectivity index (χ2v) is 9.80. The summed E-state index contributed by atoms with van der Waals surface area (Å²) in [6.07, 6.45) is 7.16. The topological polar surface area (TPSA) is 78.9 Å². The molecule has 27 heavy (non-hydrogen) atoms. The first-order valence-corrected chi connectivity index (χ1v) is 10.9. The van der Waals surface area contributed by atoms with Crippen LogP contribution < -0.4 is 4.72 Å². The number of hydrogen-bond acceptors (Lipinski definition) is 7. The third-order valence-corrected chi connectivity index (χ3v) is 7.80. The Hall–Kier alpha value is -1.54. The van der Waals surface area contributed by atoms with Crippen LogP contribution in [0.25, 0.3) is 16.3 Å². The molecule has 0 amide bonds. The number of imidazole rings is 1. The Morgan fingerprint density at radius 1 is 1.37 bits per heavy atom. The number of aromatic nitrogens is 4. The molecule has 10 heteroatoms. The van der Waals surface area contributed by atoms with Gasteiger partial charge in [0.15, 0.2) is 10.8 Å². The van der Waals surface area contributed by atoms with E-state index in [9.17, 15) is 9.65 Å². The highest BCUT2D eigenvalue weighted by molar-refractivity contribution is 9.10. The Morgan fingerprint density at radius 3 is 2.85 bits per heavy atom. The van der Waals surface area contributed by atoms with Gasteiger partial charge in [-0.3, -0.25) is 9.12 Å². The van der Waals surface area contributed by atoms with E-state index < -0.39 is 5.41 Å². The van der Waals surface area contributed by atoms with E-state index in [4.69, 9.17) is 0 Å². The van der Waals surface area contributed by atoms with Crippen molar-refractivity contribution in [3.8, 4) is 16.9 Å². The largest absolute Gasteiger partial charge is 0.295 e. The summed E-state index contributed by atoms with van der Waals surface area (Å²) in [5.41, 5.74) is 0.104. The summed E-state index contributed by atoms with van der Waals surface area (Å²) >= 11 is 6.45. The van der Waals surface area contributed by atoms with Gasteiger partial charge in [-0.1, -0.05) is 11.3 Å². The van der Waals surface area contributed by atoms with Crippen LogP contribution in [0.2, 0.25) is 0 Å². The van der Waals surface area contributed by atoms with Crippen molar-refractivity contribution < 1.29 is 4.39 Å². The average molecular weight is 465 g/mol. The van der Waals surface area contributed by atoms with E-state index >= 15 is 0 Å². The second kappa shape index (κ2) is 6.24. The average Bonchev–Trinajstić information content (AvgIpc) is 3.55. The van der Waals surface area contributed by atoms with E-state index in [1.54, 1.807) is 6.20 Å². The fourth-order valence-corrected chi connectivity index (χ4v) is 5.49. The van der Waals surface area contributed by atoms with Gasteiger partial charge in [-0.15, -0.1) is 10.2 Å². The Balaban J connectivity index is 1.49. The van der Waals surface area contributed by atoms with Gasteiger partial charge in [-0.05, 0) is 59.6 Å². The molecule has 0 aromatic carbocycles. The van der Waals surface area contributed by atoms with E-state index in [0.29, 0.717) is 10.8 Å². The number of hydrogen-bond donors (Lipinski definition) is 1. The predicted molar refractivity (Wildman–Crippen MR) is 105 cm³/mol. The minimum absolute atomic E-state index is 0.353. The summed E-state index contributed by atoms with van der Waals surface area (Å²) in [7, 11) is 0. The number of rotatable bonds is 6. The molecule has 0 unspecified atom stereocenters. The van der Waals surface area contributed by atoms with Gasteiger partial charge in [-0.2, -0.15) is 5.26 Å². The summed E-state index contributed by atoms with van der Waals surface area (Å²) in [6, 6.07) is 4.35. The van der Waals surface area contributed by atoms with Gasteiger partial charge in [0.1, 0.15) is 17.1 Å². The zero-order valence-electron chi connectivity index (χ0n) is 14.1. The lowest BCUT2D eigenvalue weighted by Crippen LogP contribution is -2.27. The van der Waals surface area contributed by atoms with Gasteiger partial charge < -0.3 is 0 Å². The molecule has 3 heterocycles. The normalized spacial score (nSPS) is 19.1. The molecule has 0 radical (unpaired) electrons. The number of nitriles is 1. The lowest BCUT2D eigenvalue weighted by Gasteiger charge is -2.12. The number of fused-ring (bicyclic) bond motifs is 1. The SMILES string of the molecule is N#CC1(c2nnc(-c3ncc4c(Br)cc(SNC5(CF)CC5)cn34)s2)CC1. The molecule has 0 aliphatic heterocycles. The molecule has 0 saturated heterocycles. The van der Waals surface area contributed by atoms with Gasteiger partial charge in [0.25, 0.3) is 0 Å². The smallest absolute Gasteiger partial charge is 0.183 e. The lowest BCUT2D eigenvalue weighted by molar-refractivity contribution is 0.402. The molecular formula is C17H14BrFN6S2. The minimum atomic E-state index is -0.445. The van der Waals surface area contributed by atoms with E-state index in [1.165, 1.54) is 23.3 Å². The van der Waals surface area contributed by atoms with E-state index in [2.05, 4.69) is 41.9 Å². The van der Waals surface area contributed by atoms with Gasteiger partial charge in [0.2, 0.25) is 0 Å². The van der Waals surface area contributed by atoms with Crippen LogP contribution in [0.5, 0.6) is 0 Å². The van der Waals surface area contributed by atoms with Crippen LogP contribution in [0.3, 0.4) is 0 Å². The molecule has 5 rings (SSSR count). The molecule has 2 saturated carbocycles. The molecule has 2 aliphatic carbocycles. The maximum Gasteiger partial charge on any atom is 0.183 e. The molecule has 1 N–H and O–H groups in total. The van der Waals surface area contributed by atoms with Crippen molar-refractivity contribution in [3.63, 3.8) is 0 Å². The fourth-order valence-electron chi connectivity index (χ4n) is 2.83. The lowest BCUT2D eigenvalue weighted by atomic mass is 10.1. The van der Waals surface area contributed by atoms with Crippen LogP contribution >= 0.6 is 39.2 Å². The number of halogens is 2. The number of nitrogens with zero attached hydrogens (tertiary/aromatic N) is 5. The molecule has 0 spiro atoms. The molecule has 138 valence electrons. The van der Waals surface area contributed by atoms with Crippen LogP contribution in [-0.4, -0.2) is 31.8 Å². The Morgan fingerprint density at radius 2 is 2.19 bits per heavy atom. The second-order valence-electron chi connectivity index (χ2n) is 7.09.